The standard InChI is InChI=1S/C24H18F5N3O5S/c1-4-36-21(34)24(28,29)37-14-7-5-12(2)15(10-14)20-16-9-13(6-8-17(16)38-30-20)32-19(33)11-18(23(25,26)27)31(3)22(32)35/h5-11H,4H2,1-3H3. The average molecular weight is 555 g/mol. The second kappa shape index (κ2) is 9.67. The van der Waals surface area contributed by atoms with Crippen LogP contribution >= 0.6 is 11.5 Å². The summed E-state index contributed by atoms with van der Waals surface area (Å²) < 4.78 is 82.6. The summed E-state index contributed by atoms with van der Waals surface area (Å²) in [5.41, 5.74) is -2.58. The first-order valence-electron chi connectivity index (χ1n) is 10.9. The number of aromatic nitrogens is 3. The fourth-order valence-corrected chi connectivity index (χ4v) is 4.49. The van der Waals surface area contributed by atoms with Gasteiger partial charge in [-0.15, -0.1) is 0 Å². The summed E-state index contributed by atoms with van der Waals surface area (Å²) in [6, 6.07) is 8.57. The van der Waals surface area contributed by atoms with Gasteiger partial charge in [0.25, 0.3) is 5.56 Å². The molecule has 200 valence electrons. The van der Waals surface area contributed by atoms with E-state index in [1.54, 1.807) is 6.92 Å². The number of hydrogen-bond donors (Lipinski definition) is 0. The Hall–Kier alpha value is -4.07. The number of aryl methyl sites for hydroxylation is 1. The number of nitrogens with zero attached hydrogens (tertiary/aromatic N) is 3. The molecule has 0 unspecified atom stereocenters. The summed E-state index contributed by atoms with van der Waals surface area (Å²) in [4.78, 5) is 36.8. The van der Waals surface area contributed by atoms with E-state index in [2.05, 4.69) is 13.8 Å². The van der Waals surface area contributed by atoms with Crippen molar-refractivity contribution in [1.29, 1.82) is 0 Å². The van der Waals surface area contributed by atoms with Crippen LogP contribution in [0.15, 0.2) is 52.1 Å². The van der Waals surface area contributed by atoms with E-state index >= 15 is 0 Å². The number of carbonyl (C=O) groups excluding carboxylic acids is 1. The first-order valence-corrected chi connectivity index (χ1v) is 11.7. The van der Waals surface area contributed by atoms with Gasteiger partial charge in [0.1, 0.15) is 11.4 Å². The lowest BCUT2D eigenvalue weighted by Gasteiger charge is -2.17. The summed E-state index contributed by atoms with van der Waals surface area (Å²) in [6.45, 7) is 2.77. The minimum Gasteiger partial charge on any atom is -0.459 e. The molecule has 2 heterocycles. The molecule has 0 N–H and O–H groups in total. The highest BCUT2D eigenvalue weighted by molar-refractivity contribution is 7.13. The summed E-state index contributed by atoms with van der Waals surface area (Å²) in [6.07, 6.45) is -9.15. The number of esters is 1. The molecule has 0 aliphatic heterocycles. The average Bonchev–Trinajstić information content (AvgIpc) is 3.25. The van der Waals surface area contributed by atoms with E-state index < -0.39 is 35.2 Å². The number of halogens is 5. The number of benzene rings is 2. The van der Waals surface area contributed by atoms with Gasteiger partial charge in [0, 0.05) is 24.1 Å². The minimum absolute atomic E-state index is 0.0165. The molecule has 0 spiro atoms. The lowest BCUT2D eigenvalue weighted by molar-refractivity contribution is -0.216. The monoisotopic (exact) mass is 555 g/mol. The van der Waals surface area contributed by atoms with E-state index in [0.717, 1.165) is 18.6 Å². The number of rotatable bonds is 6. The summed E-state index contributed by atoms with van der Waals surface area (Å²) in [7, 11) is 0.901. The van der Waals surface area contributed by atoms with Crippen LogP contribution in [0.2, 0.25) is 0 Å². The summed E-state index contributed by atoms with van der Waals surface area (Å²) in [5.74, 6) is -2.21. The van der Waals surface area contributed by atoms with Gasteiger partial charge in [0.2, 0.25) is 0 Å². The molecule has 4 aromatic rings. The van der Waals surface area contributed by atoms with E-state index in [0.29, 0.717) is 36.4 Å². The van der Waals surface area contributed by atoms with Crippen LogP contribution in [0.5, 0.6) is 5.75 Å². The zero-order chi connectivity index (χ0) is 28.0. The Morgan fingerprint density at radius 3 is 2.42 bits per heavy atom. The normalized spacial score (nSPS) is 12.1. The van der Waals surface area contributed by atoms with Crippen LogP contribution in [-0.2, 0) is 22.8 Å². The molecule has 38 heavy (non-hydrogen) atoms. The third-order valence-electron chi connectivity index (χ3n) is 5.55. The molecule has 0 aliphatic rings. The van der Waals surface area contributed by atoms with Gasteiger partial charge >= 0.3 is 23.9 Å². The molecule has 0 fully saturated rings. The Morgan fingerprint density at radius 2 is 1.76 bits per heavy atom. The largest absolute Gasteiger partial charge is 0.502 e. The zero-order valence-electron chi connectivity index (χ0n) is 19.9. The molecule has 2 aromatic heterocycles. The lowest BCUT2D eigenvalue weighted by atomic mass is 10.0. The fourth-order valence-electron chi connectivity index (χ4n) is 3.72. The maximum absolute atomic E-state index is 14.1. The van der Waals surface area contributed by atoms with Crippen molar-refractivity contribution in [3.8, 4) is 22.7 Å². The maximum Gasteiger partial charge on any atom is 0.502 e. The summed E-state index contributed by atoms with van der Waals surface area (Å²) >= 11 is 1.04. The second-order valence-electron chi connectivity index (χ2n) is 8.07. The number of fused-ring (bicyclic) bond motifs is 1. The topological polar surface area (TPSA) is 92.4 Å². The van der Waals surface area contributed by atoms with E-state index in [1.807, 2.05) is 0 Å². The Labute approximate surface area is 214 Å². The Kier molecular flexibility index (Phi) is 6.86. The zero-order valence-corrected chi connectivity index (χ0v) is 20.7. The van der Waals surface area contributed by atoms with Crippen molar-refractivity contribution >= 4 is 27.6 Å². The Morgan fingerprint density at radius 1 is 1.05 bits per heavy atom. The maximum atomic E-state index is 14.1. The molecule has 8 nitrogen and oxygen atoms in total. The van der Waals surface area contributed by atoms with E-state index in [1.165, 1.54) is 43.3 Å². The molecule has 14 heteroatoms. The highest BCUT2D eigenvalue weighted by Crippen LogP contribution is 2.36. The third-order valence-corrected chi connectivity index (χ3v) is 6.37. The van der Waals surface area contributed by atoms with Gasteiger partial charge in [-0.05, 0) is 61.3 Å². The van der Waals surface area contributed by atoms with Crippen LogP contribution in [0.25, 0.3) is 27.0 Å². The number of hydrogen-bond acceptors (Lipinski definition) is 7. The molecular formula is C24H18F5N3O5S. The predicted octanol–water partition coefficient (Wildman–Crippen LogP) is 4.67. The lowest BCUT2D eigenvalue weighted by Crippen LogP contribution is -2.40. The highest BCUT2D eigenvalue weighted by atomic mass is 32.1. The first-order chi connectivity index (χ1) is 17.7. The van der Waals surface area contributed by atoms with Gasteiger partial charge in [-0.1, -0.05) is 6.07 Å². The van der Waals surface area contributed by atoms with Crippen molar-refractivity contribution in [1.82, 2.24) is 13.5 Å². The molecule has 0 radical (unpaired) electrons. The Balaban J connectivity index is 1.82. The summed E-state index contributed by atoms with van der Waals surface area (Å²) in [5, 5.41) is 0.402. The molecule has 0 saturated carbocycles. The SMILES string of the molecule is CCOC(=O)C(F)(F)Oc1ccc(C)c(-c2nsc3ccc(-n4c(=O)cc(C(F)(F)F)n(C)c4=O)cc23)c1. The van der Waals surface area contributed by atoms with Crippen LogP contribution in [0.3, 0.4) is 0 Å². The molecule has 4 rings (SSSR count). The smallest absolute Gasteiger partial charge is 0.459 e. The van der Waals surface area contributed by atoms with Gasteiger partial charge < -0.3 is 9.47 Å². The van der Waals surface area contributed by atoms with Crippen LogP contribution in [0, 0.1) is 6.92 Å². The quantitative estimate of drug-likeness (QED) is 0.254. The van der Waals surface area contributed by atoms with Crippen molar-refractivity contribution in [3.05, 3.63) is 74.6 Å². The van der Waals surface area contributed by atoms with Crippen molar-refractivity contribution < 1.29 is 36.2 Å². The molecule has 2 aromatic carbocycles. The van der Waals surface area contributed by atoms with Gasteiger partial charge in [0.05, 0.1) is 22.7 Å². The third kappa shape index (κ3) is 4.90. The molecule has 0 bridgehead atoms. The molecule has 0 atom stereocenters. The number of alkyl halides is 5. The van der Waals surface area contributed by atoms with Gasteiger partial charge in [-0.25, -0.2) is 14.2 Å². The molecule has 0 aliphatic carbocycles. The highest BCUT2D eigenvalue weighted by Gasteiger charge is 2.44. The van der Waals surface area contributed by atoms with Gasteiger partial charge in [0.15, 0.2) is 0 Å². The Bertz CT molecular complexity index is 1670. The molecule has 0 saturated heterocycles. The number of carbonyl (C=O) groups is 1. The predicted molar refractivity (Wildman–Crippen MR) is 128 cm³/mol. The van der Waals surface area contributed by atoms with Crippen molar-refractivity contribution in [3.63, 3.8) is 0 Å². The van der Waals surface area contributed by atoms with E-state index in [-0.39, 0.29) is 23.7 Å². The van der Waals surface area contributed by atoms with Gasteiger partial charge in [-0.3, -0.25) is 9.36 Å². The van der Waals surface area contributed by atoms with Gasteiger partial charge in [-0.2, -0.15) is 26.3 Å². The molecular weight excluding hydrogens is 537 g/mol. The van der Waals surface area contributed by atoms with Crippen LogP contribution in [0.1, 0.15) is 18.2 Å². The number of ether oxygens (including phenoxy) is 2. The fraction of sp³-hybridized carbons (Fsp3) is 0.250. The van der Waals surface area contributed by atoms with Crippen LogP contribution in [0.4, 0.5) is 22.0 Å². The molecule has 0 amide bonds. The van der Waals surface area contributed by atoms with E-state index in [9.17, 15) is 36.3 Å². The van der Waals surface area contributed by atoms with Crippen molar-refractivity contribution in [2.75, 3.05) is 6.61 Å². The van der Waals surface area contributed by atoms with Crippen LogP contribution < -0.4 is 16.0 Å². The van der Waals surface area contributed by atoms with E-state index in [4.69, 9.17) is 0 Å². The second-order valence-corrected chi connectivity index (χ2v) is 8.88. The van der Waals surface area contributed by atoms with Crippen molar-refractivity contribution in [2.24, 2.45) is 7.05 Å². The van der Waals surface area contributed by atoms with Crippen LogP contribution in [-0.4, -0.2) is 32.2 Å². The minimum atomic E-state index is -4.91. The first kappa shape index (κ1) is 27.0. The van der Waals surface area contributed by atoms with Crippen molar-refractivity contribution in [2.45, 2.75) is 26.1 Å².